The SMILES string of the molecule is OC1CCn2cc(-c3ccc(Br)o3)nc2C1. The summed E-state index contributed by atoms with van der Waals surface area (Å²) in [4.78, 5) is 4.47. The summed E-state index contributed by atoms with van der Waals surface area (Å²) < 4.78 is 8.24. The number of imidazole rings is 1. The number of furan rings is 1. The Morgan fingerprint density at radius 3 is 3.12 bits per heavy atom. The van der Waals surface area contributed by atoms with E-state index in [1.165, 1.54) is 0 Å². The molecule has 1 aliphatic heterocycles. The van der Waals surface area contributed by atoms with Gasteiger partial charge in [-0.25, -0.2) is 4.98 Å². The first-order chi connectivity index (χ1) is 7.72. The van der Waals surface area contributed by atoms with E-state index in [2.05, 4.69) is 25.5 Å². The number of aliphatic hydroxyl groups excluding tert-OH is 1. The van der Waals surface area contributed by atoms with Gasteiger partial charge in [0.15, 0.2) is 10.4 Å². The van der Waals surface area contributed by atoms with E-state index in [9.17, 15) is 5.11 Å². The highest BCUT2D eigenvalue weighted by Gasteiger charge is 2.19. The third-order valence-electron chi connectivity index (χ3n) is 2.81. The first kappa shape index (κ1) is 10.1. The van der Waals surface area contributed by atoms with Crippen molar-refractivity contribution in [3.63, 3.8) is 0 Å². The van der Waals surface area contributed by atoms with Gasteiger partial charge in [-0.2, -0.15) is 0 Å². The predicted octanol–water partition coefficient (Wildman–Crippen LogP) is 2.21. The number of rotatable bonds is 1. The zero-order valence-electron chi connectivity index (χ0n) is 8.56. The van der Waals surface area contributed by atoms with Crippen molar-refractivity contribution in [2.45, 2.75) is 25.5 Å². The molecule has 2 aromatic rings. The van der Waals surface area contributed by atoms with Crippen molar-refractivity contribution in [3.8, 4) is 11.5 Å². The summed E-state index contributed by atoms with van der Waals surface area (Å²) in [6.07, 6.45) is 3.14. The van der Waals surface area contributed by atoms with E-state index in [0.29, 0.717) is 11.1 Å². The molecule has 1 N–H and O–H groups in total. The molecule has 0 aliphatic carbocycles. The van der Waals surface area contributed by atoms with Gasteiger partial charge in [-0.05, 0) is 34.5 Å². The quantitative estimate of drug-likeness (QED) is 0.873. The van der Waals surface area contributed by atoms with Crippen molar-refractivity contribution in [1.82, 2.24) is 9.55 Å². The zero-order chi connectivity index (χ0) is 11.1. The molecule has 5 heteroatoms. The number of aliphatic hydroxyl groups is 1. The molecule has 2 aromatic heterocycles. The van der Waals surface area contributed by atoms with Crippen LogP contribution in [0.15, 0.2) is 27.4 Å². The van der Waals surface area contributed by atoms with E-state index in [1.54, 1.807) is 0 Å². The van der Waals surface area contributed by atoms with E-state index in [4.69, 9.17) is 4.42 Å². The highest BCUT2D eigenvalue weighted by atomic mass is 79.9. The van der Waals surface area contributed by atoms with E-state index >= 15 is 0 Å². The molecular formula is C11H11BrN2O2. The summed E-state index contributed by atoms with van der Waals surface area (Å²) in [6, 6.07) is 3.73. The molecule has 1 unspecified atom stereocenters. The second kappa shape index (κ2) is 3.75. The fraction of sp³-hybridized carbons (Fsp3) is 0.364. The van der Waals surface area contributed by atoms with Crippen LogP contribution in [0.4, 0.5) is 0 Å². The Morgan fingerprint density at radius 2 is 2.38 bits per heavy atom. The number of aryl methyl sites for hydroxylation is 1. The molecule has 84 valence electrons. The van der Waals surface area contributed by atoms with Crippen LogP contribution in [0, 0.1) is 0 Å². The molecular weight excluding hydrogens is 272 g/mol. The molecule has 0 bridgehead atoms. The zero-order valence-corrected chi connectivity index (χ0v) is 10.1. The minimum atomic E-state index is -0.258. The Hall–Kier alpha value is -1.07. The van der Waals surface area contributed by atoms with Crippen LogP contribution in [0.3, 0.4) is 0 Å². The van der Waals surface area contributed by atoms with Gasteiger partial charge in [0.1, 0.15) is 11.5 Å². The average Bonchev–Trinajstić information content (AvgIpc) is 2.83. The molecule has 4 nitrogen and oxygen atoms in total. The Balaban J connectivity index is 1.98. The lowest BCUT2D eigenvalue weighted by molar-refractivity contribution is 0.141. The molecule has 0 aromatic carbocycles. The number of hydrogen-bond donors (Lipinski definition) is 1. The second-order valence-corrected chi connectivity index (χ2v) is 4.77. The smallest absolute Gasteiger partial charge is 0.169 e. The number of fused-ring (bicyclic) bond motifs is 1. The van der Waals surface area contributed by atoms with Crippen LogP contribution in [0.25, 0.3) is 11.5 Å². The van der Waals surface area contributed by atoms with Crippen LogP contribution in [0.2, 0.25) is 0 Å². The van der Waals surface area contributed by atoms with Crippen LogP contribution in [-0.2, 0) is 13.0 Å². The maximum atomic E-state index is 9.56. The molecule has 3 rings (SSSR count). The summed E-state index contributed by atoms with van der Waals surface area (Å²) in [5, 5.41) is 9.56. The van der Waals surface area contributed by atoms with E-state index in [0.717, 1.165) is 30.2 Å². The van der Waals surface area contributed by atoms with Gasteiger partial charge in [0.05, 0.1) is 6.10 Å². The molecule has 0 amide bonds. The number of halogens is 1. The molecule has 0 saturated heterocycles. The summed E-state index contributed by atoms with van der Waals surface area (Å²) in [5.41, 5.74) is 0.829. The number of hydrogen-bond acceptors (Lipinski definition) is 3. The van der Waals surface area contributed by atoms with Crippen LogP contribution in [0.1, 0.15) is 12.2 Å². The van der Waals surface area contributed by atoms with Crippen molar-refractivity contribution in [1.29, 1.82) is 0 Å². The summed E-state index contributed by atoms with van der Waals surface area (Å²) >= 11 is 3.27. The van der Waals surface area contributed by atoms with Crippen molar-refractivity contribution in [3.05, 3.63) is 28.8 Å². The summed E-state index contributed by atoms with van der Waals surface area (Å²) in [6.45, 7) is 0.825. The van der Waals surface area contributed by atoms with Gasteiger partial charge in [0, 0.05) is 19.2 Å². The first-order valence-electron chi connectivity index (χ1n) is 5.22. The lowest BCUT2D eigenvalue weighted by Gasteiger charge is -2.18. The van der Waals surface area contributed by atoms with E-state index < -0.39 is 0 Å². The van der Waals surface area contributed by atoms with Gasteiger partial charge < -0.3 is 14.1 Å². The topological polar surface area (TPSA) is 51.2 Å². The molecule has 1 atom stereocenters. The van der Waals surface area contributed by atoms with Crippen molar-refractivity contribution >= 4 is 15.9 Å². The number of nitrogens with zero attached hydrogens (tertiary/aromatic N) is 2. The monoisotopic (exact) mass is 282 g/mol. The second-order valence-electron chi connectivity index (χ2n) is 3.99. The standard InChI is InChI=1S/C11H11BrN2O2/c12-10-2-1-9(16-10)8-6-14-4-3-7(15)5-11(14)13-8/h1-2,6-7,15H,3-5H2. The van der Waals surface area contributed by atoms with Crippen LogP contribution in [0.5, 0.6) is 0 Å². The maximum Gasteiger partial charge on any atom is 0.169 e. The summed E-state index contributed by atoms with van der Waals surface area (Å²) in [7, 11) is 0. The molecule has 0 radical (unpaired) electrons. The third kappa shape index (κ3) is 1.70. The lowest BCUT2D eigenvalue weighted by Crippen LogP contribution is -2.22. The van der Waals surface area contributed by atoms with Gasteiger partial charge in [-0.3, -0.25) is 0 Å². The van der Waals surface area contributed by atoms with E-state index in [1.807, 2.05) is 18.3 Å². The van der Waals surface area contributed by atoms with Crippen molar-refractivity contribution in [2.75, 3.05) is 0 Å². The largest absolute Gasteiger partial charge is 0.448 e. The fourth-order valence-corrected chi connectivity index (χ4v) is 2.29. The van der Waals surface area contributed by atoms with Crippen LogP contribution in [-0.4, -0.2) is 20.8 Å². The van der Waals surface area contributed by atoms with Crippen LogP contribution < -0.4 is 0 Å². The van der Waals surface area contributed by atoms with E-state index in [-0.39, 0.29) is 6.10 Å². The Labute approximate surface area is 101 Å². The molecule has 3 heterocycles. The lowest BCUT2D eigenvalue weighted by atomic mass is 10.1. The Kier molecular flexibility index (Phi) is 2.37. The Morgan fingerprint density at radius 1 is 1.50 bits per heavy atom. The Bertz CT molecular complexity index is 518. The van der Waals surface area contributed by atoms with Gasteiger partial charge in [-0.15, -0.1) is 0 Å². The highest BCUT2D eigenvalue weighted by Crippen LogP contribution is 2.26. The van der Waals surface area contributed by atoms with Crippen LogP contribution >= 0.6 is 15.9 Å². The normalized spacial score (nSPS) is 19.8. The molecule has 0 spiro atoms. The third-order valence-corrected chi connectivity index (χ3v) is 3.23. The average molecular weight is 283 g/mol. The maximum absolute atomic E-state index is 9.56. The van der Waals surface area contributed by atoms with Crippen molar-refractivity contribution in [2.24, 2.45) is 0 Å². The molecule has 1 aliphatic rings. The first-order valence-corrected chi connectivity index (χ1v) is 6.01. The molecule has 16 heavy (non-hydrogen) atoms. The van der Waals surface area contributed by atoms with Gasteiger partial charge in [0.2, 0.25) is 0 Å². The molecule has 0 saturated carbocycles. The van der Waals surface area contributed by atoms with Crippen molar-refractivity contribution < 1.29 is 9.52 Å². The molecule has 0 fully saturated rings. The number of aromatic nitrogens is 2. The minimum absolute atomic E-state index is 0.258. The fourth-order valence-electron chi connectivity index (χ4n) is 1.98. The van der Waals surface area contributed by atoms with Gasteiger partial charge in [0.25, 0.3) is 0 Å². The highest BCUT2D eigenvalue weighted by molar-refractivity contribution is 9.10. The minimum Gasteiger partial charge on any atom is -0.448 e. The van der Waals surface area contributed by atoms with Gasteiger partial charge in [-0.1, -0.05) is 0 Å². The predicted molar refractivity (Wildman–Crippen MR) is 62.0 cm³/mol. The van der Waals surface area contributed by atoms with Gasteiger partial charge >= 0.3 is 0 Å². The summed E-state index contributed by atoms with van der Waals surface area (Å²) in [5.74, 6) is 1.68.